The smallest absolute Gasteiger partial charge is 0.338 e. The minimum absolute atomic E-state index is 0.107. The third kappa shape index (κ3) is 3.12. The van der Waals surface area contributed by atoms with Gasteiger partial charge in [0.15, 0.2) is 6.61 Å². The Hall–Kier alpha value is -3.59. The zero-order chi connectivity index (χ0) is 19.7. The van der Waals surface area contributed by atoms with E-state index in [0.29, 0.717) is 5.82 Å². The van der Waals surface area contributed by atoms with Crippen LogP contribution in [0.1, 0.15) is 37.0 Å². The van der Waals surface area contributed by atoms with Gasteiger partial charge in [0.25, 0.3) is 17.7 Å². The second kappa shape index (κ2) is 7.20. The molecule has 28 heavy (non-hydrogen) atoms. The number of esters is 1. The Labute approximate surface area is 163 Å². The van der Waals surface area contributed by atoms with Crippen LogP contribution in [-0.4, -0.2) is 39.4 Å². The maximum absolute atomic E-state index is 12.3. The lowest BCUT2D eigenvalue weighted by atomic mass is 10.1. The number of fused-ring (bicyclic) bond motifs is 1. The third-order valence-electron chi connectivity index (χ3n) is 4.09. The second-order valence-electron chi connectivity index (χ2n) is 5.87. The molecule has 8 nitrogen and oxygen atoms in total. The number of nitrogens with zero attached hydrogens (tertiary/aromatic N) is 3. The van der Waals surface area contributed by atoms with Gasteiger partial charge in [0.2, 0.25) is 5.82 Å². The van der Waals surface area contributed by atoms with Gasteiger partial charge in [-0.2, -0.15) is 16.3 Å². The molecule has 1 aliphatic heterocycles. The predicted molar refractivity (Wildman–Crippen MR) is 98.7 cm³/mol. The quantitative estimate of drug-likeness (QED) is 0.359. The van der Waals surface area contributed by atoms with Crippen molar-refractivity contribution in [3.8, 4) is 11.4 Å². The number of carbonyl (C=O) groups excluding carboxylic acids is 3. The van der Waals surface area contributed by atoms with Crippen LogP contribution in [0.15, 0.2) is 52.2 Å². The molecule has 140 valence electrons. The first-order chi connectivity index (χ1) is 13.6. The number of aromatic nitrogens is 2. The minimum atomic E-state index is -0.666. The van der Waals surface area contributed by atoms with Crippen LogP contribution in [0.5, 0.6) is 0 Å². The van der Waals surface area contributed by atoms with Crippen molar-refractivity contribution in [1.29, 1.82) is 0 Å². The number of hydrogen-bond donors (Lipinski definition) is 0. The standard InChI is InChI=1S/C19H13N3O5S/c1-2-6-22-17(23)13-4-3-11(8-14(13)18(22)24)19(25)26-9-15-20-16(21-27-15)12-5-7-28-10-12/h2-5,7-8,10H,1,6,9H2. The van der Waals surface area contributed by atoms with Gasteiger partial charge in [-0.1, -0.05) is 11.2 Å². The number of carbonyl (C=O) groups is 3. The normalized spacial score (nSPS) is 12.9. The SMILES string of the molecule is C=CCN1C(=O)c2ccc(C(=O)OCc3nc(-c4ccsc4)no3)cc2C1=O. The van der Waals surface area contributed by atoms with Crippen LogP contribution in [0, 0.1) is 0 Å². The van der Waals surface area contributed by atoms with E-state index in [1.54, 1.807) is 0 Å². The Balaban J connectivity index is 1.46. The van der Waals surface area contributed by atoms with Gasteiger partial charge in [-0.15, -0.1) is 6.58 Å². The van der Waals surface area contributed by atoms with E-state index in [2.05, 4.69) is 16.7 Å². The van der Waals surface area contributed by atoms with Gasteiger partial charge in [-0.3, -0.25) is 14.5 Å². The summed E-state index contributed by atoms with van der Waals surface area (Å²) in [4.78, 5) is 42.1. The van der Waals surface area contributed by atoms with Crippen LogP contribution in [0.4, 0.5) is 0 Å². The number of benzene rings is 1. The molecule has 2 aromatic heterocycles. The molecule has 2 amide bonds. The Kier molecular flexibility index (Phi) is 4.58. The summed E-state index contributed by atoms with van der Waals surface area (Å²) in [7, 11) is 0. The van der Waals surface area contributed by atoms with Crippen molar-refractivity contribution in [2.24, 2.45) is 0 Å². The Morgan fingerprint density at radius 2 is 2.07 bits per heavy atom. The number of amides is 2. The number of rotatable bonds is 6. The summed E-state index contributed by atoms with van der Waals surface area (Å²) in [6, 6.07) is 6.08. The molecule has 0 saturated carbocycles. The van der Waals surface area contributed by atoms with E-state index >= 15 is 0 Å². The third-order valence-corrected chi connectivity index (χ3v) is 4.78. The molecule has 0 spiro atoms. The van der Waals surface area contributed by atoms with E-state index < -0.39 is 17.8 Å². The maximum atomic E-state index is 12.3. The first-order valence-corrected chi connectivity index (χ1v) is 9.16. The molecule has 0 radical (unpaired) electrons. The van der Waals surface area contributed by atoms with Crippen molar-refractivity contribution in [1.82, 2.24) is 15.0 Å². The fourth-order valence-corrected chi connectivity index (χ4v) is 3.38. The molecule has 9 heteroatoms. The van der Waals surface area contributed by atoms with E-state index in [1.165, 1.54) is 35.6 Å². The van der Waals surface area contributed by atoms with Gasteiger partial charge in [0.1, 0.15) is 0 Å². The fourth-order valence-electron chi connectivity index (χ4n) is 2.75. The lowest BCUT2D eigenvalue weighted by Gasteiger charge is -2.09. The first kappa shape index (κ1) is 17.8. The highest BCUT2D eigenvalue weighted by atomic mass is 32.1. The molecular formula is C19H13N3O5S. The van der Waals surface area contributed by atoms with Gasteiger partial charge in [0, 0.05) is 17.5 Å². The molecule has 0 atom stereocenters. The lowest BCUT2D eigenvalue weighted by molar-refractivity contribution is 0.0429. The van der Waals surface area contributed by atoms with Crippen LogP contribution in [0.3, 0.4) is 0 Å². The van der Waals surface area contributed by atoms with Crippen molar-refractivity contribution in [2.45, 2.75) is 6.61 Å². The summed E-state index contributed by atoms with van der Waals surface area (Å²) >= 11 is 1.50. The molecule has 0 N–H and O–H groups in total. The van der Waals surface area contributed by atoms with Crippen LogP contribution < -0.4 is 0 Å². The number of ether oxygens (including phenoxy) is 1. The molecular weight excluding hydrogens is 382 g/mol. The van der Waals surface area contributed by atoms with Gasteiger partial charge in [0.05, 0.1) is 16.7 Å². The summed E-state index contributed by atoms with van der Waals surface area (Å²) in [5, 5.41) is 7.60. The lowest BCUT2D eigenvalue weighted by Crippen LogP contribution is -2.29. The monoisotopic (exact) mass is 395 g/mol. The Morgan fingerprint density at radius 1 is 1.25 bits per heavy atom. The van der Waals surface area contributed by atoms with Crippen molar-refractivity contribution in [3.05, 3.63) is 70.3 Å². The highest BCUT2D eigenvalue weighted by Crippen LogP contribution is 2.24. The maximum Gasteiger partial charge on any atom is 0.338 e. The largest absolute Gasteiger partial charge is 0.452 e. The molecule has 0 saturated heterocycles. The van der Waals surface area contributed by atoms with E-state index in [9.17, 15) is 14.4 Å². The number of thiophene rings is 1. The molecule has 0 fully saturated rings. The van der Waals surface area contributed by atoms with Gasteiger partial charge >= 0.3 is 5.97 Å². The molecule has 3 aromatic rings. The van der Waals surface area contributed by atoms with Crippen molar-refractivity contribution in [3.63, 3.8) is 0 Å². The van der Waals surface area contributed by atoms with E-state index in [-0.39, 0.29) is 35.7 Å². The molecule has 1 aromatic carbocycles. The zero-order valence-electron chi connectivity index (χ0n) is 14.5. The van der Waals surface area contributed by atoms with Crippen molar-refractivity contribution >= 4 is 29.1 Å². The fraction of sp³-hybridized carbons (Fsp3) is 0.105. The van der Waals surface area contributed by atoms with Crippen LogP contribution >= 0.6 is 11.3 Å². The summed E-state index contributed by atoms with van der Waals surface area (Å²) < 4.78 is 10.3. The average Bonchev–Trinajstić information content (AvgIpc) is 3.43. The summed E-state index contributed by atoms with van der Waals surface area (Å²) in [5.74, 6) is -0.977. The molecule has 0 unspecified atom stereocenters. The second-order valence-corrected chi connectivity index (χ2v) is 6.65. The van der Waals surface area contributed by atoms with E-state index in [4.69, 9.17) is 9.26 Å². The van der Waals surface area contributed by atoms with E-state index in [0.717, 1.165) is 10.5 Å². The van der Waals surface area contributed by atoms with Crippen LogP contribution in [0.25, 0.3) is 11.4 Å². The van der Waals surface area contributed by atoms with Crippen LogP contribution in [0.2, 0.25) is 0 Å². The van der Waals surface area contributed by atoms with Crippen molar-refractivity contribution < 1.29 is 23.6 Å². The van der Waals surface area contributed by atoms with E-state index in [1.807, 2.05) is 16.8 Å². The predicted octanol–water partition coefficient (Wildman–Crippen LogP) is 2.94. The number of hydrogen-bond acceptors (Lipinski definition) is 8. The Morgan fingerprint density at radius 3 is 2.82 bits per heavy atom. The highest BCUT2D eigenvalue weighted by Gasteiger charge is 2.35. The average molecular weight is 395 g/mol. The molecule has 4 rings (SSSR count). The topological polar surface area (TPSA) is 103 Å². The molecule has 3 heterocycles. The molecule has 1 aliphatic rings. The van der Waals surface area contributed by atoms with Gasteiger partial charge < -0.3 is 9.26 Å². The first-order valence-electron chi connectivity index (χ1n) is 8.22. The summed E-state index contributed by atoms with van der Waals surface area (Å²) in [6.45, 7) is 3.43. The molecule has 0 bridgehead atoms. The molecule has 0 aliphatic carbocycles. The van der Waals surface area contributed by atoms with Gasteiger partial charge in [-0.25, -0.2) is 4.79 Å². The minimum Gasteiger partial charge on any atom is -0.452 e. The Bertz CT molecular complexity index is 1090. The van der Waals surface area contributed by atoms with Crippen LogP contribution in [-0.2, 0) is 11.3 Å². The zero-order valence-corrected chi connectivity index (χ0v) is 15.3. The summed E-state index contributed by atoms with van der Waals surface area (Å²) in [6.07, 6.45) is 1.46. The highest BCUT2D eigenvalue weighted by molar-refractivity contribution is 7.08. The van der Waals surface area contributed by atoms with Gasteiger partial charge in [-0.05, 0) is 29.6 Å². The number of imide groups is 1. The summed E-state index contributed by atoms with van der Waals surface area (Å²) in [5.41, 5.74) is 1.38. The van der Waals surface area contributed by atoms with Crippen molar-refractivity contribution in [2.75, 3.05) is 6.54 Å².